The lowest BCUT2D eigenvalue weighted by Gasteiger charge is -2.41. The number of carbonyl (C=O) groups excluding carboxylic acids is 4. The van der Waals surface area contributed by atoms with Crippen molar-refractivity contribution in [2.24, 2.45) is 11.3 Å². The summed E-state index contributed by atoms with van der Waals surface area (Å²) in [5.41, 5.74) is 3.16. The molecule has 0 aliphatic carbocycles. The number of cyclic esters (lactones) is 1. The average molecular weight is 564 g/mol. The Hall–Kier alpha value is -3.79. The van der Waals surface area contributed by atoms with Gasteiger partial charge in [0.15, 0.2) is 0 Å². The van der Waals surface area contributed by atoms with Crippen LogP contribution >= 0.6 is 0 Å². The van der Waals surface area contributed by atoms with Crippen LogP contribution in [0.3, 0.4) is 0 Å². The Balaban J connectivity index is 1.73. The van der Waals surface area contributed by atoms with Crippen molar-refractivity contribution in [1.82, 2.24) is 26.1 Å². The maximum atomic E-state index is 13.4. The zero-order valence-corrected chi connectivity index (χ0v) is 24.9. The summed E-state index contributed by atoms with van der Waals surface area (Å²) < 4.78 is 5.85. The number of hydrazine groups is 1. The average Bonchev–Trinajstić information content (AvgIpc) is 2.92. The van der Waals surface area contributed by atoms with Gasteiger partial charge in [0.05, 0.1) is 16.6 Å². The topological polar surface area (TPSA) is 130 Å². The number of pyridine rings is 1. The molecule has 5 bridgehead atoms. The van der Waals surface area contributed by atoms with Crippen LogP contribution < -0.4 is 16.1 Å². The highest BCUT2D eigenvalue weighted by Gasteiger charge is 2.42. The van der Waals surface area contributed by atoms with E-state index in [9.17, 15) is 19.2 Å². The number of aromatic nitrogens is 1. The van der Waals surface area contributed by atoms with Crippen molar-refractivity contribution in [3.8, 4) is 0 Å². The first kappa shape index (κ1) is 30.2. The third kappa shape index (κ3) is 6.59. The summed E-state index contributed by atoms with van der Waals surface area (Å²) >= 11 is 0. The molecule has 220 valence electrons. The van der Waals surface area contributed by atoms with Gasteiger partial charge in [-0.25, -0.2) is 15.2 Å². The van der Waals surface area contributed by atoms with E-state index in [1.165, 1.54) is 5.01 Å². The van der Waals surface area contributed by atoms with Gasteiger partial charge in [0.2, 0.25) is 11.8 Å². The Labute approximate surface area is 241 Å². The first-order valence-corrected chi connectivity index (χ1v) is 14.2. The summed E-state index contributed by atoms with van der Waals surface area (Å²) in [5, 5.41) is 7.93. The number of amides is 3. The van der Waals surface area contributed by atoms with Gasteiger partial charge in [-0.2, -0.15) is 0 Å². The van der Waals surface area contributed by atoms with Gasteiger partial charge in [-0.05, 0) is 71.1 Å². The van der Waals surface area contributed by atoms with Crippen LogP contribution in [0.1, 0.15) is 78.7 Å². The van der Waals surface area contributed by atoms with Gasteiger partial charge in [0.1, 0.15) is 23.7 Å². The molecule has 1 saturated heterocycles. The summed E-state index contributed by atoms with van der Waals surface area (Å²) in [7, 11) is 0. The van der Waals surface area contributed by atoms with E-state index in [0.717, 1.165) is 16.5 Å². The molecule has 0 spiro atoms. The van der Waals surface area contributed by atoms with Crippen LogP contribution in [0, 0.1) is 11.3 Å². The van der Waals surface area contributed by atoms with Gasteiger partial charge in [-0.15, -0.1) is 0 Å². The smallest absolute Gasteiger partial charge is 0.328 e. The van der Waals surface area contributed by atoms with Crippen LogP contribution in [0.5, 0.6) is 0 Å². The van der Waals surface area contributed by atoms with Crippen LogP contribution in [0.15, 0.2) is 36.4 Å². The van der Waals surface area contributed by atoms with Gasteiger partial charge >= 0.3 is 5.97 Å². The Morgan fingerprint density at radius 2 is 1.73 bits per heavy atom. The number of esters is 1. The quantitative estimate of drug-likeness (QED) is 0.454. The number of carbonyl (C=O) groups is 4. The molecule has 1 aromatic carbocycles. The number of nitrogens with zero attached hydrogens (tertiary/aromatic N) is 2. The normalized spacial score (nSPS) is 28.7. The highest BCUT2D eigenvalue weighted by atomic mass is 16.5. The van der Waals surface area contributed by atoms with Crippen molar-refractivity contribution in [3.05, 3.63) is 47.7 Å². The molecule has 4 rings (SSSR count). The van der Waals surface area contributed by atoms with Crippen molar-refractivity contribution >= 4 is 40.7 Å². The molecule has 10 nitrogen and oxygen atoms in total. The van der Waals surface area contributed by atoms with E-state index in [4.69, 9.17) is 9.72 Å². The highest BCUT2D eigenvalue weighted by Crippen LogP contribution is 2.27. The van der Waals surface area contributed by atoms with Gasteiger partial charge in [0, 0.05) is 11.9 Å². The van der Waals surface area contributed by atoms with Crippen molar-refractivity contribution in [2.45, 2.75) is 85.0 Å². The third-order valence-electron chi connectivity index (χ3n) is 7.84. The van der Waals surface area contributed by atoms with Crippen molar-refractivity contribution in [1.29, 1.82) is 0 Å². The van der Waals surface area contributed by atoms with Crippen LogP contribution in [-0.4, -0.2) is 57.9 Å². The second-order valence-electron chi connectivity index (χ2n) is 12.3. The molecule has 1 fully saturated rings. The summed E-state index contributed by atoms with van der Waals surface area (Å²) in [6.45, 7) is 12.7. The highest BCUT2D eigenvalue weighted by molar-refractivity contribution is 5.94. The number of nitrogens with one attached hydrogen (secondary N) is 3. The Morgan fingerprint density at radius 1 is 1.02 bits per heavy atom. The predicted molar refractivity (Wildman–Crippen MR) is 156 cm³/mol. The molecule has 3 N–H and O–H groups in total. The number of hydrogen-bond acceptors (Lipinski definition) is 7. The van der Waals surface area contributed by atoms with Crippen molar-refractivity contribution in [3.63, 3.8) is 0 Å². The van der Waals surface area contributed by atoms with Crippen molar-refractivity contribution in [2.75, 3.05) is 6.54 Å². The van der Waals surface area contributed by atoms with Gasteiger partial charge < -0.3 is 15.4 Å². The molecule has 41 heavy (non-hydrogen) atoms. The molecule has 3 heterocycles. The molecule has 2 aromatic rings. The number of ether oxygens (including phenoxy) is 1. The van der Waals surface area contributed by atoms with E-state index in [0.29, 0.717) is 25.1 Å². The van der Waals surface area contributed by atoms with Crippen LogP contribution in [-0.2, 0) is 23.9 Å². The summed E-state index contributed by atoms with van der Waals surface area (Å²) in [5.74, 6) is -1.88. The van der Waals surface area contributed by atoms with Gasteiger partial charge in [0.25, 0.3) is 5.91 Å². The molecule has 2 aliphatic heterocycles. The minimum Gasteiger partial charge on any atom is -0.455 e. The van der Waals surface area contributed by atoms with E-state index in [1.807, 2.05) is 50.3 Å². The molecule has 4 atom stereocenters. The van der Waals surface area contributed by atoms with E-state index in [2.05, 4.69) is 16.1 Å². The number of hydrogen-bond donors (Lipinski definition) is 3. The maximum absolute atomic E-state index is 13.4. The fourth-order valence-electron chi connectivity index (χ4n) is 4.99. The number of rotatable bonds is 1. The molecule has 0 saturated carbocycles. The predicted octanol–water partition coefficient (Wildman–Crippen LogP) is 3.42. The van der Waals surface area contributed by atoms with E-state index < -0.39 is 41.0 Å². The third-order valence-corrected chi connectivity index (χ3v) is 7.84. The summed E-state index contributed by atoms with van der Waals surface area (Å²) in [6.07, 6.45) is 4.07. The van der Waals surface area contributed by atoms with Crippen LogP contribution in [0.25, 0.3) is 17.0 Å². The minimum atomic E-state index is -1.14. The molecule has 1 aromatic heterocycles. The zero-order valence-electron chi connectivity index (χ0n) is 24.9. The fourth-order valence-corrected chi connectivity index (χ4v) is 4.99. The first-order valence-electron chi connectivity index (χ1n) is 14.2. The fraction of sp³-hybridized carbons (Fsp3) is 0.516. The maximum Gasteiger partial charge on any atom is 0.328 e. The SMILES string of the molecule is CC(C)[C@@H]1NC(=O)C(C)(C)/C=C/c2ccc3ccc(nc3c2)[C@@H](C)OC(=O)[C@]2(C)CCCN(N2)C(=O)[C@H](C)NC1=O. The lowest BCUT2D eigenvalue weighted by Crippen LogP contribution is -2.65. The van der Waals surface area contributed by atoms with E-state index in [-0.39, 0.29) is 17.7 Å². The standard InChI is InChI=1S/C31H41N5O5/c1-18(2)25-26(37)32-19(3)27(38)36-16-8-14-31(7,35-36)29(40)41-20(4)23-12-11-22-10-9-21(17-24(22)33-23)13-15-30(5,6)28(39)34-25/h9-13,15,17-20,25,35H,8,14,16H2,1-7H3,(H,32,37)(H,34,39)/b15-13+/t19-,20+,25-,31-/m0/s1. The summed E-state index contributed by atoms with van der Waals surface area (Å²) in [6, 6.07) is 7.83. The molecule has 10 heteroatoms. The van der Waals surface area contributed by atoms with Crippen molar-refractivity contribution < 1.29 is 23.9 Å². The second-order valence-corrected chi connectivity index (χ2v) is 12.3. The molecular weight excluding hydrogens is 522 g/mol. The largest absolute Gasteiger partial charge is 0.455 e. The summed E-state index contributed by atoms with van der Waals surface area (Å²) in [4.78, 5) is 58.0. The lowest BCUT2D eigenvalue weighted by molar-refractivity contribution is -0.164. The molecule has 0 unspecified atom stereocenters. The van der Waals surface area contributed by atoms with E-state index >= 15 is 0 Å². The monoisotopic (exact) mass is 563 g/mol. The Bertz CT molecular complexity index is 1390. The Morgan fingerprint density at radius 3 is 2.44 bits per heavy atom. The number of fused-ring (bicyclic) bond motifs is 4. The zero-order chi connectivity index (χ0) is 30.1. The molecule has 3 amide bonds. The number of benzene rings is 1. The first-order chi connectivity index (χ1) is 19.2. The van der Waals surface area contributed by atoms with E-state index in [1.54, 1.807) is 40.7 Å². The second kappa shape index (κ2) is 11.6. The van der Waals surface area contributed by atoms with Crippen LogP contribution in [0.2, 0.25) is 0 Å². The van der Waals surface area contributed by atoms with Gasteiger partial charge in [-0.3, -0.25) is 19.4 Å². The molecule has 0 radical (unpaired) electrons. The molecule has 2 aliphatic rings. The lowest BCUT2D eigenvalue weighted by atomic mass is 9.89. The van der Waals surface area contributed by atoms with Gasteiger partial charge in [-0.1, -0.05) is 44.2 Å². The Kier molecular flexibility index (Phi) is 8.54. The minimum absolute atomic E-state index is 0.225. The van der Waals surface area contributed by atoms with Crippen LogP contribution in [0.4, 0.5) is 0 Å². The molecular formula is C31H41N5O5.